The van der Waals surface area contributed by atoms with Crippen LogP contribution in [-0.4, -0.2) is 31.2 Å². The first-order valence-corrected chi connectivity index (χ1v) is 6.68. The third kappa shape index (κ3) is 5.42. The van der Waals surface area contributed by atoms with Gasteiger partial charge in [-0.1, -0.05) is 20.0 Å². The number of benzene rings is 2. The number of phenols is 3. The van der Waals surface area contributed by atoms with Gasteiger partial charge in [0.2, 0.25) is 0 Å². The molecule has 136 valence electrons. The third-order valence-electron chi connectivity index (χ3n) is 3.00. The van der Waals surface area contributed by atoms with Crippen LogP contribution in [0, 0.1) is 6.92 Å². The van der Waals surface area contributed by atoms with E-state index in [1.165, 1.54) is 18.2 Å². The summed E-state index contributed by atoms with van der Waals surface area (Å²) in [4.78, 5) is 4.08. The van der Waals surface area contributed by atoms with Gasteiger partial charge >= 0.3 is 0 Å². The van der Waals surface area contributed by atoms with Crippen molar-refractivity contribution in [3.8, 4) is 17.2 Å². The highest BCUT2D eigenvalue weighted by Gasteiger charge is 2.05. The van der Waals surface area contributed by atoms with Crippen LogP contribution < -0.4 is 0 Å². The molecule has 25 heavy (non-hydrogen) atoms. The quantitative estimate of drug-likeness (QED) is 0.294. The summed E-state index contributed by atoms with van der Waals surface area (Å²) in [7, 11) is 0. The predicted molar refractivity (Wildman–Crippen MR) is 97.6 cm³/mol. The van der Waals surface area contributed by atoms with Crippen LogP contribution in [-0.2, 0) is 0 Å². The predicted octanol–water partition coefficient (Wildman–Crippen LogP) is 4.41. The van der Waals surface area contributed by atoms with Gasteiger partial charge in [-0.3, -0.25) is 0 Å². The lowest BCUT2D eigenvalue weighted by atomic mass is 10.1. The minimum absolute atomic E-state index is 0. The third-order valence-corrected chi connectivity index (χ3v) is 3.00. The van der Waals surface area contributed by atoms with Crippen LogP contribution in [0.4, 0.5) is 0 Å². The number of hydrogen-bond donors (Lipinski definition) is 4. The van der Waals surface area contributed by atoms with Crippen molar-refractivity contribution in [2.45, 2.75) is 28.7 Å². The molecule has 0 saturated carbocycles. The Hall–Kier alpha value is -3.22. The van der Waals surface area contributed by atoms with Gasteiger partial charge in [0.15, 0.2) is 11.5 Å². The fourth-order valence-electron chi connectivity index (χ4n) is 1.91. The van der Waals surface area contributed by atoms with E-state index in [9.17, 15) is 5.11 Å². The molecular formula is C18H24N2O5. The fraction of sp³-hybridized carbons (Fsp3) is 0.222. The number of fused-ring (bicyclic) bond motifs is 1. The van der Waals surface area contributed by atoms with E-state index < -0.39 is 0 Å². The highest BCUT2D eigenvalue weighted by atomic mass is 16.4. The summed E-state index contributed by atoms with van der Waals surface area (Å²) in [6.07, 6.45) is 0. The Kier molecular flexibility index (Phi) is 7.99. The Bertz CT molecular complexity index is 856. The molecule has 0 spiro atoms. The van der Waals surface area contributed by atoms with Gasteiger partial charge < -0.3 is 24.9 Å². The molecule has 2 aromatic carbocycles. The molecule has 1 aromatic heterocycles. The van der Waals surface area contributed by atoms with Gasteiger partial charge in [-0.15, -0.1) is 0 Å². The van der Waals surface area contributed by atoms with Crippen molar-refractivity contribution in [3.05, 3.63) is 47.9 Å². The van der Waals surface area contributed by atoms with Crippen molar-refractivity contribution in [1.82, 2.24) is 4.98 Å². The van der Waals surface area contributed by atoms with E-state index in [1.807, 2.05) is 0 Å². The normalized spacial score (nSPS) is 10.2. The molecule has 4 N–H and O–H groups in total. The van der Waals surface area contributed by atoms with Gasteiger partial charge in [0.1, 0.15) is 22.8 Å². The maximum Gasteiger partial charge on any atom is 0.192 e. The monoisotopic (exact) mass is 348 g/mol. The van der Waals surface area contributed by atoms with Crippen LogP contribution >= 0.6 is 0 Å². The van der Waals surface area contributed by atoms with E-state index in [-0.39, 0.29) is 32.1 Å². The van der Waals surface area contributed by atoms with E-state index in [2.05, 4.69) is 10.1 Å². The first kappa shape index (κ1) is 21.8. The molecule has 0 bridgehead atoms. The molecule has 0 aliphatic carbocycles. The summed E-state index contributed by atoms with van der Waals surface area (Å²) in [5.41, 5.74) is 2.10. The number of phenolic OH excluding ortho intramolecular Hbond substituents is 3. The Labute approximate surface area is 146 Å². The lowest BCUT2D eigenvalue weighted by molar-refractivity contribution is 0.318. The van der Waals surface area contributed by atoms with Crippen molar-refractivity contribution >= 4 is 16.8 Å². The molecule has 7 heteroatoms. The zero-order valence-electron chi connectivity index (χ0n) is 12.6. The van der Waals surface area contributed by atoms with Gasteiger partial charge in [0.05, 0.1) is 5.71 Å². The average molecular weight is 348 g/mol. The minimum atomic E-state index is -0.106. The molecule has 1 heterocycles. The minimum Gasteiger partial charge on any atom is -0.508 e. The Morgan fingerprint density at radius 3 is 2.20 bits per heavy atom. The Morgan fingerprint density at radius 1 is 1.00 bits per heavy atom. The van der Waals surface area contributed by atoms with Gasteiger partial charge in [-0.2, -0.15) is 0 Å². The highest BCUT2D eigenvalue weighted by Crippen LogP contribution is 2.23. The smallest absolute Gasteiger partial charge is 0.192 e. The molecule has 0 aliphatic rings. The van der Waals surface area contributed by atoms with Crippen molar-refractivity contribution < 1.29 is 24.9 Å². The molecule has 0 unspecified atom stereocenters. The largest absolute Gasteiger partial charge is 0.508 e. The van der Waals surface area contributed by atoms with E-state index in [0.29, 0.717) is 22.7 Å². The first-order valence-electron chi connectivity index (χ1n) is 6.68. The maximum atomic E-state index is 9.24. The molecule has 3 aromatic rings. The first-order chi connectivity index (χ1) is 10.9. The molecule has 0 fully saturated rings. The Morgan fingerprint density at radius 2 is 1.60 bits per heavy atom. The van der Waals surface area contributed by atoms with Crippen LogP contribution in [0.25, 0.3) is 11.1 Å². The molecule has 7 nitrogen and oxygen atoms in total. The number of aromatic hydroxyl groups is 3. The summed E-state index contributed by atoms with van der Waals surface area (Å²) < 4.78 is 5.18. The zero-order valence-corrected chi connectivity index (χ0v) is 12.6. The van der Waals surface area contributed by atoms with Crippen molar-refractivity contribution in [1.29, 1.82) is 0 Å². The summed E-state index contributed by atoms with van der Waals surface area (Å²) in [6.45, 7) is 3.32. The van der Waals surface area contributed by atoms with Crippen LogP contribution in [0.15, 0.2) is 46.0 Å². The number of aromatic nitrogens is 1. The van der Waals surface area contributed by atoms with Crippen molar-refractivity contribution in [2.24, 2.45) is 5.16 Å². The number of rotatable bonds is 1. The van der Waals surface area contributed by atoms with Crippen molar-refractivity contribution in [2.75, 3.05) is 0 Å². The van der Waals surface area contributed by atoms with E-state index in [1.54, 1.807) is 32.0 Å². The maximum absolute atomic E-state index is 9.24. The van der Waals surface area contributed by atoms with Gasteiger partial charge in [-0.25, -0.2) is 4.98 Å². The Balaban J connectivity index is 0.000000427. The summed E-state index contributed by atoms with van der Waals surface area (Å²) >= 11 is 0. The number of nitrogens with zero attached hydrogens (tertiary/aromatic N) is 2. The summed E-state index contributed by atoms with van der Waals surface area (Å²) in [5.74, 6) is 0.687. The molecule has 0 atom stereocenters. The molecule has 3 rings (SSSR count). The molecule has 0 amide bonds. The van der Waals surface area contributed by atoms with Crippen LogP contribution in [0.2, 0.25) is 0 Å². The topological polar surface area (TPSA) is 119 Å². The molecule has 0 aliphatic heterocycles. The van der Waals surface area contributed by atoms with Gasteiger partial charge in [0.25, 0.3) is 0 Å². The number of aryl methyl sites for hydroxylation is 1. The fourth-order valence-corrected chi connectivity index (χ4v) is 1.91. The molecule has 0 saturated heterocycles. The van der Waals surface area contributed by atoms with E-state index in [0.717, 1.165) is 5.52 Å². The number of hydrogen-bond acceptors (Lipinski definition) is 7. The second-order valence-electron chi connectivity index (χ2n) is 4.77. The standard InChI is InChI=1S/C8H9NO3.C8H7NO2.2CH4/c1-5(9-12)7-3-2-6(10)4-8(7)11;1-5-9-7-3-2-6(10)4-8(7)11-5;;/h2-4,10-12H,1H3;2-4,10H,1H3;2*1H4/b9-5+;;;. The zero-order chi connectivity index (χ0) is 17.0. The van der Waals surface area contributed by atoms with Gasteiger partial charge in [0, 0.05) is 24.6 Å². The second-order valence-corrected chi connectivity index (χ2v) is 4.77. The molecule has 0 radical (unpaired) electrons. The van der Waals surface area contributed by atoms with Crippen LogP contribution in [0.1, 0.15) is 33.2 Å². The van der Waals surface area contributed by atoms with Crippen LogP contribution in [0.3, 0.4) is 0 Å². The highest BCUT2D eigenvalue weighted by molar-refractivity contribution is 6.00. The molecular weight excluding hydrogens is 324 g/mol. The lowest BCUT2D eigenvalue weighted by Gasteiger charge is -2.01. The summed E-state index contributed by atoms with van der Waals surface area (Å²) in [5, 5.41) is 38.5. The average Bonchev–Trinajstić information content (AvgIpc) is 2.86. The van der Waals surface area contributed by atoms with Crippen molar-refractivity contribution in [3.63, 3.8) is 0 Å². The van der Waals surface area contributed by atoms with Gasteiger partial charge in [-0.05, 0) is 31.2 Å². The summed E-state index contributed by atoms with van der Waals surface area (Å²) in [6, 6.07) is 8.92. The van der Waals surface area contributed by atoms with E-state index >= 15 is 0 Å². The number of oxazole rings is 1. The second kappa shape index (κ2) is 9.17. The van der Waals surface area contributed by atoms with Crippen LogP contribution in [0.5, 0.6) is 17.2 Å². The lowest BCUT2D eigenvalue weighted by Crippen LogP contribution is -1.94. The van der Waals surface area contributed by atoms with E-state index in [4.69, 9.17) is 19.8 Å². The number of oxime groups is 1. The SMILES string of the molecule is C.C.C/C(=N\O)c1ccc(O)cc1O.Cc1nc2ccc(O)cc2o1.